The van der Waals surface area contributed by atoms with Gasteiger partial charge in [0.15, 0.2) is 0 Å². The lowest BCUT2D eigenvalue weighted by atomic mass is 10.3. The molecule has 3 nitrogen and oxygen atoms in total. The maximum absolute atomic E-state index is 8.93. The van der Waals surface area contributed by atoms with E-state index in [1.807, 2.05) is 0 Å². The van der Waals surface area contributed by atoms with Crippen LogP contribution in [-0.2, 0) is 0 Å². The highest BCUT2D eigenvalue weighted by Gasteiger charge is 1.97. The van der Waals surface area contributed by atoms with Crippen LogP contribution >= 0.6 is 0 Å². The molecule has 1 aromatic rings. The number of rotatable bonds is 1. The smallest absolute Gasteiger partial charge is 0.115 e. The van der Waals surface area contributed by atoms with Crippen LogP contribution in [0.2, 0.25) is 0 Å². The van der Waals surface area contributed by atoms with Gasteiger partial charge in [-0.25, -0.2) is 9.97 Å². The van der Waals surface area contributed by atoms with Gasteiger partial charge in [-0.15, -0.1) is 0 Å². The van der Waals surface area contributed by atoms with Gasteiger partial charge in [0.25, 0.3) is 0 Å². The van der Waals surface area contributed by atoms with E-state index in [4.69, 9.17) is 5.11 Å². The van der Waals surface area contributed by atoms with Crippen molar-refractivity contribution in [2.45, 2.75) is 13.0 Å². The van der Waals surface area contributed by atoms with Crippen LogP contribution in [0.3, 0.4) is 0 Å². The zero-order valence-corrected chi connectivity index (χ0v) is 5.15. The Morgan fingerprint density at radius 1 is 1.67 bits per heavy atom. The molecule has 0 radical (unpaired) electrons. The third-order valence-corrected chi connectivity index (χ3v) is 1.03. The van der Waals surface area contributed by atoms with Crippen molar-refractivity contribution < 1.29 is 5.11 Å². The highest BCUT2D eigenvalue weighted by Crippen LogP contribution is 2.04. The van der Waals surface area contributed by atoms with Crippen molar-refractivity contribution in [3.8, 4) is 0 Å². The van der Waals surface area contributed by atoms with Crippen LogP contribution in [-0.4, -0.2) is 15.1 Å². The largest absolute Gasteiger partial charge is 0.387 e. The molecule has 0 aliphatic heterocycles. The predicted octanol–water partition coefficient (Wildman–Crippen LogP) is 0.530. The van der Waals surface area contributed by atoms with Gasteiger partial charge in [0.05, 0.1) is 11.8 Å². The van der Waals surface area contributed by atoms with E-state index in [1.165, 1.54) is 6.33 Å². The van der Waals surface area contributed by atoms with E-state index in [2.05, 4.69) is 9.97 Å². The standard InChI is InChI=1S/C6H8N2O/c1-5(9)6-2-3-7-4-8-6/h2-5,9H,1H3/t5-/m1/s1. The average molecular weight is 124 g/mol. The summed E-state index contributed by atoms with van der Waals surface area (Å²) in [6, 6.07) is 1.69. The van der Waals surface area contributed by atoms with Crippen molar-refractivity contribution in [3.63, 3.8) is 0 Å². The Labute approximate surface area is 53.4 Å². The first kappa shape index (κ1) is 6.16. The van der Waals surface area contributed by atoms with Crippen molar-refractivity contribution in [3.05, 3.63) is 24.3 Å². The Morgan fingerprint density at radius 2 is 2.44 bits per heavy atom. The summed E-state index contributed by atoms with van der Waals surface area (Å²) in [6.07, 6.45) is 2.53. The maximum atomic E-state index is 8.93. The molecule has 1 atom stereocenters. The molecule has 0 spiro atoms. The molecule has 1 rings (SSSR count). The van der Waals surface area contributed by atoms with Gasteiger partial charge in [0.2, 0.25) is 0 Å². The third-order valence-electron chi connectivity index (χ3n) is 1.03. The minimum atomic E-state index is -0.493. The molecule has 3 heteroatoms. The molecule has 0 aromatic carbocycles. The monoisotopic (exact) mass is 124 g/mol. The summed E-state index contributed by atoms with van der Waals surface area (Å²) < 4.78 is 0. The number of hydrogen-bond donors (Lipinski definition) is 1. The van der Waals surface area contributed by atoms with Crippen molar-refractivity contribution in [1.29, 1.82) is 0 Å². The van der Waals surface area contributed by atoms with Crippen LogP contribution in [0.1, 0.15) is 18.7 Å². The Kier molecular flexibility index (Phi) is 1.75. The van der Waals surface area contributed by atoms with E-state index in [-0.39, 0.29) is 0 Å². The second kappa shape index (κ2) is 2.55. The van der Waals surface area contributed by atoms with Crippen LogP contribution in [0, 0.1) is 0 Å². The van der Waals surface area contributed by atoms with E-state index in [1.54, 1.807) is 19.2 Å². The molecule has 0 unspecified atom stereocenters. The lowest BCUT2D eigenvalue weighted by Crippen LogP contribution is -1.93. The molecule has 1 heterocycles. The van der Waals surface area contributed by atoms with E-state index in [0.717, 1.165) is 0 Å². The minimum absolute atomic E-state index is 0.493. The van der Waals surface area contributed by atoms with Crippen LogP contribution < -0.4 is 0 Å². The molecule has 0 amide bonds. The highest BCUT2D eigenvalue weighted by molar-refractivity contribution is 4.99. The number of hydrogen-bond acceptors (Lipinski definition) is 3. The van der Waals surface area contributed by atoms with Crippen molar-refractivity contribution in [2.24, 2.45) is 0 Å². The fourth-order valence-electron chi connectivity index (χ4n) is 0.548. The third kappa shape index (κ3) is 1.47. The van der Waals surface area contributed by atoms with Gasteiger partial charge >= 0.3 is 0 Å². The number of aliphatic hydroxyl groups is 1. The molecule has 9 heavy (non-hydrogen) atoms. The Hall–Kier alpha value is -0.960. The molecule has 0 saturated heterocycles. The molecular weight excluding hydrogens is 116 g/mol. The first-order valence-electron chi connectivity index (χ1n) is 2.74. The molecule has 0 aliphatic carbocycles. The highest BCUT2D eigenvalue weighted by atomic mass is 16.3. The Morgan fingerprint density at radius 3 is 2.78 bits per heavy atom. The summed E-state index contributed by atoms with van der Waals surface area (Å²) >= 11 is 0. The zero-order chi connectivity index (χ0) is 6.69. The quantitative estimate of drug-likeness (QED) is 0.594. The minimum Gasteiger partial charge on any atom is -0.387 e. The predicted molar refractivity (Wildman–Crippen MR) is 32.7 cm³/mol. The molecule has 0 saturated carbocycles. The van der Waals surface area contributed by atoms with Crippen molar-refractivity contribution >= 4 is 0 Å². The summed E-state index contributed by atoms with van der Waals surface area (Å²) in [6.45, 7) is 1.67. The maximum Gasteiger partial charge on any atom is 0.115 e. The second-order valence-corrected chi connectivity index (χ2v) is 1.81. The van der Waals surface area contributed by atoms with Crippen LogP contribution in [0.15, 0.2) is 18.6 Å². The summed E-state index contributed by atoms with van der Waals surface area (Å²) in [5.74, 6) is 0. The molecular formula is C6H8N2O. The van der Waals surface area contributed by atoms with Crippen LogP contribution in [0.5, 0.6) is 0 Å². The van der Waals surface area contributed by atoms with Gasteiger partial charge in [0, 0.05) is 6.20 Å². The fraction of sp³-hybridized carbons (Fsp3) is 0.333. The molecule has 0 aliphatic rings. The van der Waals surface area contributed by atoms with Crippen molar-refractivity contribution in [2.75, 3.05) is 0 Å². The van der Waals surface area contributed by atoms with Crippen LogP contribution in [0.25, 0.3) is 0 Å². The van der Waals surface area contributed by atoms with Crippen LogP contribution in [0.4, 0.5) is 0 Å². The first-order chi connectivity index (χ1) is 4.30. The SMILES string of the molecule is C[C@@H](O)c1ccncn1. The van der Waals surface area contributed by atoms with Gasteiger partial charge < -0.3 is 5.11 Å². The first-order valence-corrected chi connectivity index (χ1v) is 2.74. The van der Waals surface area contributed by atoms with Gasteiger partial charge in [-0.3, -0.25) is 0 Å². The van der Waals surface area contributed by atoms with Gasteiger partial charge in [-0.2, -0.15) is 0 Å². The second-order valence-electron chi connectivity index (χ2n) is 1.81. The molecule has 48 valence electrons. The van der Waals surface area contributed by atoms with E-state index < -0.39 is 6.10 Å². The average Bonchev–Trinajstić information content (AvgIpc) is 1.90. The van der Waals surface area contributed by atoms with E-state index >= 15 is 0 Å². The summed E-state index contributed by atoms with van der Waals surface area (Å²) in [7, 11) is 0. The van der Waals surface area contributed by atoms with E-state index in [0.29, 0.717) is 5.69 Å². The number of aliphatic hydroxyl groups excluding tert-OH is 1. The van der Waals surface area contributed by atoms with E-state index in [9.17, 15) is 0 Å². The summed E-state index contributed by atoms with van der Waals surface area (Å²) in [4.78, 5) is 7.52. The fourth-order valence-corrected chi connectivity index (χ4v) is 0.548. The summed E-state index contributed by atoms with van der Waals surface area (Å²) in [5.41, 5.74) is 0.657. The topological polar surface area (TPSA) is 46.0 Å². The normalized spacial score (nSPS) is 13.1. The number of aromatic nitrogens is 2. The lowest BCUT2D eigenvalue weighted by molar-refractivity contribution is 0.194. The lowest BCUT2D eigenvalue weighted by Gasteiger charge is -1.99. The zero-order valence-electron chi connectivity index (χ0n) is 5.15. The molecule has 1 aromatic heterocycles. The Bertz CT molecular complexity index is 174. The molecule has 0 bridgehead atoms. The molecule has 0 fully saturated rings. The Balaban J connectivity index is 2.85. The van der Waals surface area contributed by atoms with Gasteiger partial charge in [-0.1, -0.05) is 0 Å². The van der Waals surface area contributed by atoms with Gasteiger partial charge in [0.1, 0.15) is 6.33 Å². The summed E-state index contributed by atoms with van der Waals surface area (Å²) in [5, 5.41) is 8.93. The van der Waals surface area contributed by atoms with Crippen molar-refractivity contribution in [1.82, 2.24) is 9.97 Å². The molecule has 1 N–H and O–H groups in total. The number of nitrogens with zero attached hydrogens (tertiary/aromatic N) is 2. The van der Waals surface area contributed by atoms with Gasteiger partial charge in [-0.05, 0) is 13.0 Å².